The highest BCUT2D eigenvalue weighted by Crippen LogP contribution is 2.15. The average Bonchev–Trinajstić information content (AvgIpc) is 2.53. The van der Waals surface area contributed by atoms with Crippen molar-refractivity contribution in [3.05, 3.63) is 60.2 Å². The SMILES string of the molecule is CC(=O)N(CCNS(=O)(=O)c1ccc(F)cc1)c1ccc(F)cc1. The summed E-state index contributed by atoms with van der Waals surface area (Å²) < 4.78 is 52.3. The van der Waals surface area contributed by atoms with Crippen LogP contribution in [0.15, 0.2) is 53.4 Å². The standard InChI is InChI=1S/C16H16F2N2O3S/c1-12(21)20(15-6-2-13(17)3-7-15)11-10-19-24(22,23)16-8-4-14(18)5-9-16/h2-9,19H,10-11H2,1H3. The van der Waals surface area contributed by atoms with Gasteiger partial charge in [0, 0.05) is 25.7 Å². The van der Waals surface area contributed by atoms with Crippen LogP contribution in [0.4, 0.5) is 14.5 Å². The van der Waals surface area contributed by atoms with Gasteiger partial charge in [-0.1, -0.05) is 0 Å². The van der Waals surface area contributed by atoms with E-state index in [-0.39, 0.29) is 23.9 Å². The van der Waals surface area contributed by atoms with Gasteiger partial charge in [0.05, 0.1) is 4.90 Å². The molecule has 2 rings (SSSR count). The summed E-state index contributed by atoms with van der Waals surface area (Å²) in [5.74, 6) is -1.27. The van der Waals surface area contributed by atoms with Crippen LogP contribution in [0.5, 0.6) is 0 Å². The number of hydrogen-bond acceptors (Lipinski definition) is 3. The summed E-state index contributed by atoms with van der Waals surface area (Å²) in [4.78, 5) is 13.0. The highest BCUT2D eigenvalue weighted by atomic mass is 32.2. The number of carbonyl (C=O) groups is 1. The summed E-state index contributed by atoms with van der Waals surface area (Å²) in [5, 5.41) is 0. The van der Waals surface area contributed by atoms with Gasteiger partial charge in [-0.2, -0.15) is 0 Å². The van der Waals surface area contributed by atoms with Crippen LogP contribution in [-0.2, 0) is 14.8 Å². The maximum absolute atomic E-state index is 13.0. The fraction of sp³-hybridized carbons (Fsp3) is 0.188. The van der Waals surface area contributed by atoms with E-state index in [9.17, 15) is 22.0 Å². The first-order valence-electron chi connectivity index (χ1n) is 7.08. The summed E-state index contributed by atoms with van der Waals surface area (Å²) >= 11 is 0. The van der Waals surface area contributed by atoms with Crippen molar-refractivity contribution in [2.45, 2.75) is 11.8 Å². The second-order valence-corrected chi connectivity index (χ2v) is 6.77. The molecule has 2 aromatic carbocycles. The maximum Gasteiger partial charge on any atom is 0.240 e. The molecule has 0 saturated carbocycles. The molecule has 0 atom stereocenters. The van der Waals surface area contributed by atoms with E-state index < -0.39 is 21.7 Å². The Balaban J connectivity index is 2.03. The number of halogens is 2. The quantitative estimate of drug-likeness (QED) is 0.866. The lowest BCUT2D eigenvalue weighted by molar-refractivity contribution is -0.116. The number of carbonyl (C=O) groups excluding carboxylic acids is 1. The summed E-state index contributed by atoms with van der Waals surface area (Å²) in [6.45, 7) is 1.36. The Morgan fingerprint density at radius 1 is 1.00 bits per heavy atom. The van der Waals surface area contributed by atoms with Crippen LogP contribution in [0.2, 0.25) is 0 Å². The largest absolute Gasteiger partial charge is 0.311 e. The molecule has 0 aliphatic rings. The zero-order chi connectivity index (χ0) is 17.7. The van der Waals surface area contributed by atoms with Crippen molar-refractivity contribution in [3.8, 4) is 0 Å². The van der Waals surface area contributed by atoms with Crippen LogP contribution in [-0.4, -0.2) is 27.4 Å². The molecule has 2 aromatic rings. The smallest absolute Gasteiger partial charge is 0.240 e. The highest BCUT2D eigenvalue weighted by Gasteiger charge is 2.16. The molecule has 8 heteroatoms. The molecule has 1 amide bonds. The Kier molecular flexibility index (Phi) is 5.63. The minimum atomic E-state index is -3.80. The Labute approximate surface area is 139 Å². The molecule has 24 heavy (non-hydrogen) atoms. The minimum Gasteiger partial charge on any atom is -0.311 e. The fourth-order valence-electron chi connectivity index (χ4n) is 2.08. The number of amides is 1. The molecule has 0 unspecified atom stereocenters. The molecule has 128 valence electrons. The summed E-state index contributed by atoms with van der Waals surface area (Å²) in [6.07, 6.45) is 0. The van der Waals surface area contributed by atoms with E-state index in [0.717, 1.165) is 24.3 Å². The van der Waals surface area contributed by atoms with Gasteiger partial charge in [0.1, 0.15) is 11.6 Å². The number of nitrogens with zero attached hydrogens (tertiary/aromatic N) is 1. The van der Waals surface area contributed by atoms with Crippen molar-refractivity contribution in [2.24, 2.45) is 0 Å². The molecule has 5 nitrogen and oxygen atoms in total. The Morgan fingerprint density at radius 3 is 2.00 bits per heavy atom. The molecule has 0 aliphatic carbocycles. The van der Waals surface area contributed by atoms with Gasteiger partial charge in [0.2, 0.25) is 15.9 Å². The van der Waals surface area contributed by atoms with Crippen LogP contribution < -0.4 is 9.62 Å². The first kappa shape index (κ1) is 18.0. The van der Waals surface area contributed by atoms with E-state index in [2.05, 4.69) is 4.72 Å². The Morgan fingerprint density at radius 2 is 1.50 bits per heavy atom. The first-order valence-corrected chi connectivity index (χ1v) is 8.57. The van der Waals surface area contributed by atoms with Crippen molar-refractivity contribution in [3.63, 3.8) is 0 Å². The molecule has 0 aliphatic heterocycles. The molecule has 1 N–H and O–H groups in total. The third kappa shape index (κ3) is 4.59. The lowest BCUT2D eigenvalue weighted by Gasteiger charge is -2.21. The monoisotopic (exact) mass is 354 g/mol. The van der Waals surface area contributed by atoms with Crippen molar-refractivity contribution < 1.29 is 22.0 Å². The van der Waals surface area contributed by atoms with Crippen LogP contribution in [0, 0.1) is 11.6 Å². The Hall–Kier alpha value is -2.32. The minimum absolute atomic E-state index is 0.0450. The van der Waals surface area contributed by atoms with Crippen LogP contribution in [0.3, 0.4) is 0 Å². The van der Waals surface area contributed by atoms with Crippen molar-refractivity contribution in [2.75, 3.05) is 18.0 Å². The number of benzene rings is 2. The lowest BCUT2D eigenvalue weighted by Crippen LogP contribution is -2.37. The summed E-state index contributed by atoms with van der Waals surface area (Å²) in [5.41, 5.74) is 0.463. The summed E-state index contributed by atoms with van der Waals surface area (Å²) in [7, 11) is -3.80. The Bertz CT molecular complexity index is 806. The van der Waals surface area contributed by atoms with Gasteiger partial charge < -0.3 is 4.90 Å². The third-order valence-corrected chi connectivity index (χ3v) is 4.75. The number of rotatable bonds is 6. The molecule has 0 aromatic heterocycles. The normalized spacial score (nSPS) is 11.3. The van der Waals surface area contributed by atoms with E-state index >= 15 is 0 Å². The van der Waals surface area contributed by atoms with Gasteiger partial charge in [0.15, 0.2) is 0 Å². The van der Waals surface area contributed by atoms with Crippen molar-refractivity contribution in [1.29, 1.82) is 0 Å². The maximum atomic E-state index is 13.0. The molecule has 0 fully saturated rings. The van der Waals surface area contributed by atoms with Gasteiger partial charge in [-0.3, -0.25) is 4.79 Å². The molecule has 0 bridgehead atoms. The van der Waals surface area contributed by atoms with Crippen LogP contribution >= 0.6 is 0 Å². The van der Waals surface area contributed by atoms with Crippen LogP contribution in [0.1, 0.15) is 6.92 Å². The molecule has 0 heterocycles. The van der Waals surface area contributed by atoms with E-state index in [0.29, 0.717) is 5.69 Å². The predicted octanol–water partition coefficient (Wildman–Crippen LogP) is 2.30. The topological polar surface area (TPSA) is 66.5 Å². The number of sulfonamides is 1. The number of anilines is 1. The molecule has 0 radical (unpaired) electrons. The van der Waals surface area contributed by atoms with Gasteiger partial charge >= 0.3 is 0 Å². The second kappa shape index (κ2) is 7.50. The van der Waals surface area contributed by atoms with E-state index in [1.165, 1.54) is 36.1 Å². The zero-order valence-electron chi connectivity index (χ0n) is 12.9. The predicted molar refractivity (Wildman–Crippen MR) is 86.0 cm³/mol. The average molecular weight is 354 g/mol. The lowest BCUT2D eigenvalue weighted by atomic mass is 10.2. The van der Waals surface area contributed by atoms with Gasteiger partial charge in [0.25, 0.3) is 0 Å². The second-order valence-electron chi connectivity index (χ2n) is 5.00. The molecular weight excluding hydrogens is 338 g/mol. The molecule has 0 saturated heterocycles. The molecular formula is C16H16F2N2O3S. The fourth-order valence-corrected chi connectivity index (χ4v) is 3.10. The molecule has 0 spiro atoms. The summed E-state index contributed by atoms with van der Waals surface area (Å²) in [6, 6.07) is 9.71. The van der Waals surface area contributed by atoms with Crippen LogP contribution in [0.25, 0.3) is 0 Å². The highest BCUT2D eigenvalue weighted by molar-refractivity contribution is 7.89. The first-order chi connectivity index (χ1) is 11.3. The number of hydrogen-bond donors (Lipinski definition) is 1. The van der Waals surface area contributed by atoms with Gasteiger partial charge in [-0.15, -0.1) is 0 Å². The van der Waals surface area contributed by atoms with Crippen molar-refractivity contribution in [1.82, 2.24) is 4.72 Å². The van der Waals surface area contributed by atoms with E-state index in [1.54, 1.807) is 0 Å². The van der Waals surface area contributed by atoms with Crippen molar-refractivity contribution >= 4 is 21.6 Å². The van der Waals surface area contributed by atoms with Gasteiger partial charge in [-0.25, -0.2) is 21.9 Å². The van der Waals surface area contributed by atoms with Gasteiger partial charge in [-0.05, 0) is 48.5 Å². The number of nitrogens with one attached hydrogen (secondary N) is 1. The third-order valence-electron chi connectivity index (χ3n) is 3.27. The zero-order valence-corrected chi connectivity index (χ0v) is 13.7. The van der Waals surface area contributed by atoms with E-state index in [4.69, 9.17) is 0 Å². The van der Waals surface area contributed by atoms with E-state index in [1.807, 2.05) is 0 Å².